The highest BCUT2D eigenvalue weighted by molar-refractivity contribution is 6.17. The monoisotopic (exact) mass is 676 g/mol. The van der Waals surface area contributed by atoms with E-state index in [1.165, 1.54) is 55.0 Å². The van der Waals surface area contributed by atoms with E-state index in [1.807, 2.05) is 0 Å². The van der Waals surface area contributed by atoms with Gasteiger partial charge in [-0.15, -0.1) is 0 Å². The Kier molecular flexibility index (Phi) is 7.41. The molecule has 0 unspecified atom stereocenters. The van der Waals surface area contributed by atoms with Crippen molar-refractivity contribution >= 4 is 54.5 Å². The van der Waals surface area contributed by atoms with E-state index < -0.39 is 0 Å². The van der Waals surface area contributed by atoms with Crippen molar-refractivity contribution in [2.75, 3.05) is 0 Å². The van der Waals surface area contributed by atoms with Gasteiger partial charge in [0.05, 0.1) is 22.3 Å². The number of furan rings is 1. The zero-order valence-corrected chi connectivity index (χ0v) is 31.1. The van der Waals surface area contributed by atoms with Crippen LogP contribution in [-0.2, 0) is 5.41 Å². The van der Waals surface area contributed by atoms with Crippen LogP contribution >= 0.6 is 0 Å². The zero-order valence-electron chi connectivity index (χ0n) is 31.1. The third-order valence-electron chi connectivity index (χ3n) is 10.9. The lowest BCUT2D eigenvalue weighted by molar-refractivity contribution is 0.591. The van der Waals surface area contributed by atoms with Gasteiger partial charge in [0, 0.05) is 10.8 Å². The van der Waals surface area contributed by atoms with Crippen LogP contribution in [0.1, 0.15) is 77.0 Å². The van der Waals surface area contributed by atoms with Crippen molar-refractivity contribution in [2.24, 2.45) is 0 Å². The van der Waals surface area contributed by atoms with E-state index in [-0.39, 0.29) is 17.3 Å². The second-order valence-electron chi connectivity index (χ2n) is 16.0. The number of benzene rings is 7. The maximum atomic E-state index is 6.96. The van der Waals surface area contributed by atoms with E-state index in [1.54, 1.807) is 0 Å². The Morgan fingerprint density at radius 3 is 1.98 bits per heavy atom. The van der Waals surface area contributed by atoms with E-state index in [4.69, 9.17) is 9.40 Å². The van der Waals surface area contributed by atoms with Crippen molar-refractivity contribution in [3.05, 3.63) is 144 Å². The predicted molar refractivity (Wildman–Crippen MR) is 221 cm³/mol. The average molecular weight is 677 g/mol. The van der Waals surface area contributed by atoms with Gasteiger partial charge >= 0.3 is 0 Å². The number of aromatic nitrogens is 2. The third-order valence-corrected chi connectivity index (χ3v) is 10.9. The van der Waals surface area contributed by atoms with Crippen LogP contribution in [0.25, 0.3) is 82.7 Å². The summed E-state index contributed by atoms with van der Waals surface area (Å²) in [7, 11) is 0. The molecule has 0 aliphatic carbocycles. The van der Waals surface area contributed by atoms with Crippen molar-refractivity contribution in [3.63, 3.8) is 0 Å². The highest BCUT2D eigenvalue weighted by atomic mass is 16.3. The molecule has 3 heteroatoms. The van der Waals surface area contributed by atoms with E-state index in [0.29, 0.717) is 0 Å². The lowest BCUT2D eigenvalue weighted by atomic mass is 9.85. The van der Waals surface area contributed by atoms with E-state index in [9.17, 15) is 0 Å². The predicted octanol–water partition coefficient (Wildman–Crippen LogP) is 14.1. The molecular formula is C49H44N2O. The molecule has 256 valence electrons. The Hall–Kier alpha value is -5.67. The zero-order chi connectivity index (χ0) is 35.9. The number of imidazole rings is 1. The molecule has 9 rings (SSSR count). The van der Waals surface area contributed by atoms with Crippen LogP contribution < -0.4 is 0 Å². The number of para-hydroxylation sites is 3. The number of fused-ring (bicyclic) bond motifs is 7. The minimum atomic E-state index is 0.0624. The highest BCUT2D eigenvalue weighted by Gasteiger charge is 2.26. The first-order valence-electron chi connectivity index (χ1n) is 18.6. The third kappa shape index (κ3) is 5.13. The van der Waals surface area contributed by atoms with E-state index in [0.717, 1.165) is 44.4 Å². The molecule has 2 heterocycles. The van der Waals surface area contributed by atoms with Gasteiger partial charge in [-0.1, -0.05) is 127 Å². The van der Waals surface area contributed by atoms with Gasteiger partial charge in [0.15, 0.2) is 0 Å². The van der Waals surface area contributed by atoms with Crippen molar-refractivity contribution in [3.8, 4) is 28.2 Å². The van der Waals surface area contributed by atoms with E-state index in [2.05, 4.69) is 180 Å². The molecule has 0 amide bonds. The van der Waals surface area contributed by atoms with Gasteiger partial charge in [0.2, 0.25) is 0 Å². The Morgan fingerprint density at radius 2 is 1.25 bits per heavy atom. The molecule has 0 saturated carbocycles. The van der Waals surface area contributed by atoms with Crippen LogP contribution in [0.5, 0.6) is 0 Å². The van der Waals surface area contributed by atoms with Gasteiger partial charge in [-0.25, -0.2) is 4.98 Å². The summed E-state index contributed by atoms with van der Waals surface area (Å²) in [4.78, 5) is 5.39. The molecule has 2 aromatic heterocycles. The molecular weight excluding hydrogens is 633 g/mol. The fraction of sp³-hybridized carbons (Fsp3) is 0.204. The van der Waals surface area contributed by atoms with Crippen molar-refractivity contribution in [1.29, 1.82) is 0 Å². The first-order chi connectivity index (χ1) is 25.1. The molecule has 0 N–H and O–H groups in total. The van der Waals surface area contributed by atoms with Crippen LogP contribution in [-0.4, -0.2) is 9.55 Å². The Bertz CT molecular complexity index is 2800. The molecule has 3 nitrogen and oxygen atoms in total. The maximum Gasteiger partial charge on any atom is 0.149 e. The fourth-order valence-corrected chi connectivity index (χ4v) is 8.04. The standard InChI is InChI=1S/C49H44N2O/c1-29(2)38-25-34(31-14-9-8-10-15-31)26-39(30(3)4)46(38)51-44-19-12-11-18-43(44)50-48(51)37-17-13-16-36-42-24-33-21-20-32-22-23-35(49(5,6)7)27-40(32)41(33)28-45(42)52-47(36)37/h8-30H,1-7H3. The fourth-order valence-electron chi connectivity index (χ4n) is 8.04. The molecule has 7 aromatic carbocycles. The summed E-state index contributed by atoms with van der Waals surface area (Å²) in [5.41, 5.74) is 12.5. The van der Waals surface area contributed by atoms with Gasteiger partial charge in [0.25, 0.3) is 0 Å². The minimum Gasteiger partial charge on any atom is -0.455 e. The van der Waals surface area contributed by atoms with Gasteiger partial charge in [-0.2, -0.15) is 0 Å². The summed E-state index contributed by atoms with van der Waals surface area (Å²) in [5.74, 6) is 1.47. The summed E-state index contributed by atoms with van der Waals surface area (Å²) >= 11 is 0. The number of rotatable bonds is 5. The average Bonchev–Trinajstić information content (AvgIpc) is 3.71. The summed E-state index contributed by atoms with van der Waals surface area (Å²) in [6.45, 7) is 16.0. The number of hydrogen-bond donors (Lipinski definition) is 0. The molecule has 0 saturated heterocycles. The van der Waals surface area contributed by atoms with Crippen molar-refractivity contribution in [1.82, 2.24) is 9.55 Å². The molecule has 0 atom stereocenters. The molecule has 0 spiro atoms. The molecule has 0 bridgehead atoms. The smallest absolute Gasteiger partial charge is 0.149 e. The van der Waals surface area contributed by atoms with Crippen molar-refractivity contribution < 1.29 is 4.42 Å². The number of hydrogen-bond acceptors (Lipinski definition) is 2. The van der Waals surface area contributed by atoms with E-state index >= 15 is 0 Å². The van der Waals surface area contributed by atoms with Gasteiger partial charge in [-0.3, -0.25) is 4.57 Å². The number of nitrogens with zero attached hydrogens (tertiary/aromatic N) is 2. The lowest BCUT2D eigenvalue weighted by Gasteiger charge is -2.24. The van der Waals surface area contributed by atoms with Gasteiger partial charge in [0.1, 0.15) is 17.0 Å². The van der Waals surface area contributed by atoms with Crippen LogP contribution in [0.3, 0.4) is 0 Å². The summed E-state index contributed by atoms with van der Waals surface area (Å²) in [6.07, 6.45) is 0. The second-order valence-corrected chi connectivity index (χ2v) is 16.0. The van der Waals surface area contributed by atoms with Crippen LogP contribution in [0.2, 0.25) is 0 Å². The Labute approximate surface area is 305 Å². The molecule has 9 aromatic rings. The highest BCUT2D eigenvalue weighted by Crippen LogP contribution is 2.43. The van der Waals surface area contributed by atoms with Crippen LogP contribution in [0.4, 0.5) is 0 Å². The van der Waals surface area contributed by atoms with Crippen molar-refractivity contribution in [2.45, 2.75) is 65.7 Å². The molecule has 0 fully saturated rings. The van der Waals surface area contributed by atoms with Gasteiger partial charge < -0.3 is 4.42 Å². The quantitative estimate of drug-likeness (QED) is 0.170. The molecule has 0 aliphatic rings. The largest absolute Gasteiger partial charge is 0.455 e. The lowest BCUT2D eigenvalue weighted by Crippen LogP contribution is -2.10. The summed E-state index contributed by atoms with van der Waals surface area (Å²) < 4.78 is 9.37. The minimum absolute atomic E-state index is 0.0624. The maximum absolute atomic E-state index is 6.96. The molecule has 0 aliphatic heterocycles. The van der Waals surface area contributed by atoms with Crippen LogP contribution in [0, 0.1) is 0 Å². The second kappa shape index (κ2) is 12.0. The SMILES string of the molecule is CC(C)c1cc(-c2ccccc2)cc(C(C)C)c1-n1c(-c2cccc3c2oc2cc4c(ccc5ccc(C(C)(C)C)cc54)cc23)nc2ccccc21. The Balaban J connectivity index is 1.33. The molecule has 0 radical (unpaired) electrons. The van der Waals surface area contributed by atoms with Gasteiger partial charge in [-0.05, 0) is 115 Å². The van der Waals surface area contributed by atoms with Crippen LogP contribution in [0.15, 0.2) is 132 Å². The first kappa shape index (κ1) is 32.3. The molecule has 52 heavy (non-hydrogen) atoms. The normalized spacial score (nSPS) is 12.5. The Morgan fingerprint density at radius 1 is 0.577 bits per heavy atom. The topological polar surface area (TPSA) is 31.0 Å². The first-order valence-corrected chi connectivity index (χ1v) is 18.6. The summed E-state index contributed by atoms with van der Waals surface area (Å²) in [5, 5.41) is 7.15. The summed E-state index contributed by atoms with van der Waals surface area (Å²) in [6, 6.07) is 46.5.